The second-order valence-corrected chi connectivity index (χ2v) is 5.80. The Hall–Kier alpha value is -1.14. The first-order chi connectivity index (χ1) is 8.80. The van der Waals surface area contributed by atoms with Crippen LogP contribution in [0.4, 0.5) is 0 Å². The molecule has 1 saturated heterocycles. The highest BCUT2D eigenvalue weighted by molar-refractivity contribution is 5.82. The molecule has 6 heteroatoms. The number of carboxylic acids is 1. The summed E-state index contributed by atoms with van der Waals surface area (Å²) in [6, 6.07) is 0. The maximum atomic E-state index is 12.1. The van der Waals surface area contributed by atoms with E-state index < -0.39 is 11.5 Å². The monoisotopic (exact) mass is 272 g/mol. The first-order valence-electron chi connectivity index (χ1n) is 6.65. The number of carbonyl (C=O) groups excluding carboxylic acids is 1. The van der Waals surface area contributed by atoms with Crippen LogP contribution in [0, 0.1) is 0 Å². The molecule has 0 aliphatic carbocycles. The van der Waals surface area contributed by atoms with Crippen LogP contribution in [-0.4, -0.2) is 59.8 Å². The first kappa shape index (κ1) is 15.9. The number of hydrogen-bond acceptors (Lipinski definition) is 4. The zero-order valence-electron chi connectivity index (χ0n) is 11.9. The quantitative estimate of drug-likeness (QED) is 0.760. The highest BCUT2D eigenvalue weighted by Crippen LogP contribution is 2.14. The van der Waals surface area contributed by atoms with Gasteiger partial charge in [-0.05, 0) is 46.7 Å². The van der Waals surface area contributed by atoms with Crippen LogP contribution in [0.2, 0.25) is 0 Å². The summed E-state index contributed by atoms with van der Waals surface area (Å²) in [6.07, 6.45) is 1.88. The van der Waals surface area contributed by atoms with Crippen molar-refractivity contribution in [2.45, 2.75) is 45.3 Å². The van der Waals surface area contributed by atoms with Gasteiger partial charge in [0, 0.05) is 5.54 Å². The molecule has 0 unspecified atom stereocenters. The Morgan fingerprint density at radius 1 is 1.32 bits per heavy atom. The van der Waals surface area contributed by atoms with E-state index >= 15 is 0 Å². The zero-order chi connectivity index (χ0) is 14.5. The molecule has 1 amide bonds. The van der Waals surface area contributed by atoms with Crippen LogP contribution in [0.25, 0.3) is 0 Å². The van der Waals surface area contributed by atoms with Crippen LogP contribution in [0.5, 0.6) is 0 Å². The molecule has 0 bridgehead atoms. The maximum absolute atomic E-state index is 12.1. The van der Waals surface area contributed by atoms with Gasteiger partial charge < -0.3 is 20.1 Å². The zero-order valence-corrected chi connectivity index (χ0v) is 11.9. The third-order valence-electron chi connectivity index (χ3n) is 3.13. The number of carbonyl (C=O) groups is 2. The smallest absolute Gasteiger partial charge is 0.323 e. The second-order valence-electron chi connectivity index (χ2n) is 5.80. The Morgan fingerprint density at radius 3 is 2.37 bits per heavy atom. The summed E-state index contributed by atoms with van der Waals surface area (Å²) in [5.41, 5.74) is -0.521. The summed E-state index contributed by atoms with van der Waals surface area (Å²) >= 11 is 0. The van der Waals surface area contributed by atoms with Gasteiger partial charge in [-0.1, -0.05) is 0 Å². The summed E-state index contributed by atoms with van der Waals surface area (Å²) in [4.78, 5) is 24.3. The number of ether oxygens (including phenoxy) is 1. The highest BCUT2D eigenvalue weighted by atomic mass is 16.5. The number of rotatable bonds is 5. The molecule has 1 fully saturated rings. The SMILES string of the molecule is CC(C)(C)N(CC(=O)O)C(=O)COC1CCNCC1. The third-order valence-corrected chi connectivity index (χ3v) is 3.13. The Bertz CT molecular complexity index is 319. The molecule has 0 atom stereocenters. The molecule has 6 nitrogen and oxygen atoms in total. The second kappa shape index (κ2) is 6.86. The summed E-state index contributed by atoms with van der Waals surface area (Å²) in [6.45, 7) is 6.91. The van der Waals surface area contributed by atoms with Crippen LogP contribution in [0.15, 0.2) is 0 Å². The molecular formula is C13H24N2O4. The Balaban J connectivity index is 2.49. The molecular weight excluding hydrogens is 248 g/mol. The van der Waals surface area contributed by atoms with Crippen molar-refractivity contribution >= 4 is 11.9 Å². The number of piperidine rings is 1. The van der Waals surface area contributed by atoms with Gasteiger partial charge in [0.15, 0.2) is 0 Å². The Morgan fingerprint density at radius 2 is 1.89 bits per heavy atom. The van der Waals surface area contributed by atoms with Gasteiger partial charge in [-0.3, -0.25) is 9.59 Å². The van der Waals surface area contributed by atoms with Crippen LogP contribution < -0.4 is 5.32 Å². The lowest BCUT2D eigenvalue weighted by molar-refractivity contribution is -0.152. The molecule has 0 spiro atoms. The fourth-order valence-electron chi connectivity index (χ4n) is 2.06. The average Bonchev–Trinajstić information content (AvgIpc) is 2.33. The van der Waals surface area contributed by atoms with E-state index in [-0.39, 0.29) is 25.2 Å². The largest absolute Gasteiger partial charge is 0.480 e. The van der Waals surface area contributed by atoms with E-state index in [0.717, 1.165) is 25.9 Å². The molecule has 1 aliphatic rings. The number of nitrogens with one attached hydrogen (secondary N) is 1. The molecule has 1 rings (SSSR count). The topological polar surface area (TPSA) is 78.9 Å². The fourth-order valence-corrected chi connectivity index (χ4v) is 2.06. The lowest BCUT2D eigenvalue weighted by Crippen LogP contribution is -2.50. The predicted octanol–water partition coefficient (Wildman–Crippen LogP) is 0.467. The summed E-state index contributed by atoms with van der Waals surface area (Å²) in [5, 5.41) is 12.1. The van der Waals surface area contributed by atoms with E-state index in [2.05, 4.69) is 5.32 Å². The number of hydrogen-bond donors (Lipinski definition) is 2. The van der Waals surface area contributed by atoms with Gasteiger partial charge in [-0.25, -0.2) is 0 Å². The number of amides is 1. The van der Waals surface area contributed by atoms with Crippen LogP contribution in [-0.2, 0) is 14.3 Å². The first-order valence-corrected chi connectivity index (χ1v) is 6.65. The van der Waals surface area contributed by atoms with E-state index in [4.69, 9.17) is 9.84 Å². The number of aliphatic carboxylic acids is 1. The van der Waals surface area contributed by atoms with Crippen molar-refractivity contribution in [2.24, 2.45) is 0 Å². The normalized spacial score (nSPS) is 17.2. The van der Waals surface area contributed by atoms with Crippen molar-refractivity contribution in [1.29, 1.82) is 0 Å². The van der Waals surface area contributed by atoms with Crippen molar-refractivity contribution in [3.63, 3.8) is 0 Å². The van der Waals surface area contributed by atoms with Crippen LogP contribution in [0.3, 0.4) is 0 Å². The van der Waals surface area contributed by atoms with Gasteiger partial charge in [0.1, 0.15) is 13.2 Å². The molecule has 0 aromatic heterocycles. The molecule has 0 aromatic carbocycles. The van der Waals surface area contributed by atoms with Gasteiger partial charge in [-0.15, -0.1) is 0 Å². The summed E-state index contributed by atoms with van der Waals surface area (Å²) in [5.74, 6) is -1.28. The predicted molar refractivity (Wildman–Crippen MR) is 70.9 cm³/mol. The van der Waals surface area contributed by atoms with Crippen LogP contribution in [0.1, 0.15) is 33.6 Å². The highest BCUT2D eigenvalue weighted by Gasteiger charge is 2.29. The minimum atomic E-state index is -1.01. The van der Waals surface area contributed by atoms with Gasteiger partial charge in [0.2, 0.25) is 5.91 Å². The molecule has 110 valence electrons. The van der Waals surface area contributed by atoms with Gasteiger partial charge in [0.25, 0.3) is 0 Å². The molecule has 0 aromatic rings. The molecule has 1 aliphatic heterocycles. The Kier molecular flexibility index (Phi) is 5.75. The van der Waals surface area contributed by atoms with Gasteiger partial charge in [0.05, 0.1) is 6.10 Å². The number of carboxylic acid groups (broad SMARTS) is 1. The third kappa shape index (κ3) is 5.57. The van der Waals surface area contributed by atoms with Crippen molar-refractivity contribution in [2.75, 3.05) is 26.2 Å². The maximum Gasteiger partial charge on any atom is 0.323 e. The van der Waals surface area contributed by atoms with Gasteiger partial charge in [-0.2, -0.15) is 0 Å². The lowest BCUT2D eigenvalue weighted by Gasteiger charge is -2.35. The molecule has 0 radical (unpaired) electrons. The van der Waals surface area contributed by atoms with Gasteiger partial charge >= 0.3 is 5.97 Å². The van der Waals surface area contributed by atoms with Crippen molar-refractivity contribution < 1.29 is 19.4 Å². The number of nitrogens with zero attached hydrogens (tertiary/aromatic N) is 1. The lowest BCUT2D eigenvalue weighted by atomic mass is 10.1. The molecule has 1 heterocycles. The standard InChI is InChI=1S/C13H24N2O4/c1-13(2,3)15(8-12(17)18)11(16)9-19-10-4-6-14-7-5-10/h10,14H,4-9H2,1-3H3,(H,17,18). The van der Waals surface area contributed by atoms with E-state index in [9.17, 15) is 9.59 Å². The van der Waals surface area contributed by atoms with E-state index in [1.54, 1.807) is 0 Å². The van der Waals surface area contributed by atoms with E-state index in [1.807, 2.05) is 20.8 Å². The van der Waals surface area contributed by atoms with E-state index in [1.165, 1.54) is 4.90 Å². The van der Waals surface area contributed by atoms with Crippen molar-refractivity contribution in [1.82, 2.24) is 10.2 Å². The average molecular weight is 272 g/mol. The fraction of sp³-hybridized carbons (Fsp3) is 0.846. The van der Waals surface area contributed by atoms with Crippen LogP contribution >= 0.6 is 0 Å². The minimum Gasteiger partial charge on any atom is -0.480 e. The molecule has 19 heavy (non-hydrogen) atoms. The minimum absolute atomic E-state index is 0.0464. The molecule has 0 saturated carbocycles. The van der Waals surface area contributed by atoms with Crippen molar-refractivity contribution in [3.8, 4) is 0 Å². The van der Waals surface area contributed by atoms with E-state index in [0.29, 0.717) is 0 Å². The summed E-state index contributed by atoms with van der Waals surface area (Å²) < 4.78 is 5.58. The summed E-state index contributed by atoms with van der Waals surface area (Å²) in [7, 11) is 0. The Labute approximate surface area is 114 Å². The molecule has 2 N–H and O–H groups in total. The van der Waals surface area contributed by atoms with Crippen molar-refractivity contribution in [3.05, 3.63) is 0 Å².